The van der Waals surface area contributed by atoms with Crippen LogP contribution in [-0.4, -0.2) is 35.5 Å². The Kier molecular flexibility index (Phi) is 5.15. The van der Waals surface area contributed by atoms with Gasteiger partial charge < -0.3 is 16.8 Å². The van der Waals surface area contributed by atoms with Gasteiger partial charge in [-0.25, -0.2) is 19.7 Å². The third-order valence-corrected chi connectivity index (χ3v) is 7.70. The van der Waals surface area contributed by atoms with Crippen LogP contribution in [0.3, 0.4) is 0 Å². The lowest BCUT2D eigenvalue weighted by Gasteiger charge is -2.27. The maximum absolute atomic E-state index is 13.9. The molecular weight excluding hydrogens is 501 g/mol. The smallest absolute Gasteiger partial charge is 0.382 e. The first-order valence-corrected chi connectivity index (χ1v) is 12.0. The molecule has 0 spiro atoms. The summed E-state index contributed by atoms with van der Waals surface area (Å²) in [5.41, 5.74) is 12.1. The van der Waals surface area contributed by atoms with Gasteiger partial charge >= 0.3 is 11.9 Å². The number of hydrogen-bond donors (Lipinski definition) is 3. The van der Waals surface area contributed by atoms with E-state index in [1.807, 2.05) is 0 Å². The number of alkyl halides is 3. The van der Waals surface area contributed by atoms with Crippen LogP contribution in [0.25, 0.3) is 16.9 Å². The summed E-state index contributed by atoms with van der Waals surface area (Å²) < 4.78 is 42.1. The number of pyridine rings is 1. The Bertz CT molecular complexity index is 1630. The van der Waals surface area contributed by atoms with E-state index >= 15 is 0 Å². The number of anilines is 2. The van der Waals surface area contributed by atoms with Crippen LogP contribution in [0.2, 0.25) is 0 Å². The highest BCUT2D eigenvalue weighted by molar-refractivity contribution is 6.04. The van der Waals surface area contributed by atoms with E-state index in [9.17, 15) is 22.8 Å². The molecule has 10 nitrogen and oxygen atoms in total. The van der Waals surface area contributed by atoms with E-state index < -0.39 is 23.2 Å². The summed E-state index contributed by atoms with van der Waals surface area (Å²) in [5.74, 6) is -0.757. The number of halogens is 3. The molecule has 0 saturated heterocycles. The van der Waals surface area contributed by atoms with E-state index in [0.29, 0.717) is 23.3 Å². The molecular formula is C25H23F3N8O2. The molecule has 0 unspecified atom stereocenters. The first-order chi connectivity index (χ1) is 18.0. The van der Waals surface area contributed by atoms with E-state index in [-0.39, 0.29) is 28.4 Å². The van der Waals surface area contributed by atoms with Gasteiger partial charge in [0, 0.05) is 17.3 Å². The maximum atomic E-state index is 13.9. The number of fused-ring (bicyclic) bond motifs is 3. The number of carbonyl (C=O) groups is 1. The van der Waals surface area contributed by atoms with E-state index in [1.165, 1.54) is 23.0 Å². The first-order valence-electron chi connectivity index (χ1n) is 12.0. The summed E-state index contributed by atoms with van der Waals surface area (Å²) >= 11 is 0. The fourth-order valence-electron chi connectivity index (χ4n) is 5.86. The van der Waals surface area contributed by atoms with Gasteiger partial charge in [-0.1, -0.05) is 0 Å². The van der Waals surface area contributed by atoms with Gasteiger partial charge in [-0.05, 0) is 68.5 Å². The fraction of sp³-hybridized carbons (Fsp3) is 0.320. The summed E-state index contributed by atoms with van der Waals surface area (Å²) in [6, 6.07) is 7.61. The van der Waals surface area contributed by atoms with Gasteiger partial charge in [-0.3, -0.25) is 13.9 Å². The average Bonchev–Trinajstić information content (AvgIpc) is 3.50. The van der Waals surface area contributed by atoms with Gasteiger partial charge in [-0.2, -0.15) is 13.2 Å². The van der Waals surface area contributed by atoms with Crippen LogP contribution in [0.5, 0.6) is 0 Å². The number of rotatable bonds is 4. The largest absolute Gasteiger partial charge is 0.416 e. The predicted octanol–water partition coefficient (Wildman–Crippen LogP) is 3.20. The van der Waals surface area contributed by atoms with Crippen molar-refractivity contribution in [1.82, 2.24) is 24.1 Å². The number of nitrogens with one attached hydrogen (secondary N) is 1. The second kappa shape index (κ2) is 8.12. The number of benzene rings is 1. The van der Waals surface area contributed by atoms with Crippen molar-refractivity contribution in [2.75, 3.05) is 11.1 Å². The van der Waals surface area contributed by atoms with E-state index in [4.69, 9.17) is 11.5 Å². The molecule has 4 aromatic rings. The third kappa shape index (κ3) is 3.72. The Morgan fingerprint density at radius 2 is 1.74 bits per heavy atom. The van der Waals surface area contributed by atoms with Gasteiger partial charge in [0.15, 0.2) is 11.5 Å². The molecule has 6 rings (SSSR count). The molecule has 1 amide bonds. The Morgan fingerprint density at radius 3 is 2.37 bits per heavy atom. The molecule has 0 atom stereocenters. The van der Waals surface area contributed by atoms with Gasteiger partial charge in [0.2, 0.25) is 0 Å². The third-order valence-electron chi connectivity index (χ3n) is 7.70. The second-order valence-corrected chi connectivity index (χ2v) is 10.1. The van der Waals surface area contributed by atoms with Crippen LogP contribution >= 0.6 is 0 Å². The number of carbonyl (C=O) groups excluding carboxylic acids is 1. The normalized spacial score (nSPS) is 22.7. The Balaban J connectivity index is 1.36. The summed E-state index contributed by atoms with van der Waals surface area (Å²) in [6.45, 7) is 0. The van der Waals surface area contributed by atoms with E-state index in [1.54, 1.807) is 16.7 Å². The first kappa shape index (κ1) is 24.1. The number of hydrogen-bond acceptors (Lipinski definition) is 7. The zero-order valence-electron chi connectivity index (χ0n) is 20.0. The minimum absolute atomic E-state index is 0.134. The predicted molar refractivity (Wildman–Crippen MR) is 133 cm³/mol. The van der Waals surface area contributed by atoms with Crippen LogP contribution in [0.4, 0.5) is 24.8 Å². The Hall–Kier alpha value is -4.26. The van der Waals surface area contributed by atoms with Crippen molar-refractivity contribution in [3.63, 3.8) is 0 Å². The van der Waals surface area contributed by atoms with Crippen molar-refractivity contribution >= 4 is 28.7 Å². The lowest BCUT2D eigenvalue weighted by molar-refractivity contribution is -0.137. The molecule has 0 aliphatic heterocycles. The molecule has 2 fully saturated rings. The second-order valence-electron chi connectivity index (χ2n) is 10.1. The van der Waals surface area contributed by atoms with E-state index in [0.717, 1.165) is 44.0 Å². The SMILES string of the molecule is Nc1ncnc2c1n(-c1ccc(C(=O)Nc3cc(C(F)(F)F)ccn3)cc1)c(=O)n2C12CCC(N)(CC1)C2. The average molecular weight is 525 g/mol. The summed E-state index contributed by atoms with van der Waals surface area (Å²) in [4.78, 5) is 38.8. The van der Waals surface area contributed by atoms with Gasteiger partial charge in [0.1, 0.15) is 17.7 Å². The van der Waals surface area contributed by atoms with Crippen molar-refractivity contribution in [1.29, 1.82) is 0 Å². The lowest BCUT2D eigenvalue weighted by atomic mass is 9.91. The molecule has 38 heavy (non-hydrogen) atoms. The quantitative estimate of drug-likeness (QED) is 0.371. The molecule has 3 aromatic heterocycles. The van der Waals surface area contributed by atoms with Crippen LogP contribution < -0.4 is 22.5 Å². The van der Waals surface area contributed by atoms with Crippen LogP contribution in [0.15, 0.2) is 53.7 Å². The summed E-state index contributed by atoms with van der Waals surface area (Å²) in [5, 5.41) is 2.37. The topological polar surface area (TPSA) is 147 Å². The monoisotopic (exact) mass is 524 g/mol. The molecule has 196 valence electrons. The van der Waals surface area contributed by atoms with Crippen molar-refractivity contribution in [2.45, 2.75) is 49.4 Å². The van der Waals surface area contributed by atoms with Crippen LogP contribution in [0.1, 0.15) is 48.0 Å². The molecule has 2 saturated carbocycles. The zero-order chi connectivity index (χ0) is 26.9. The zero-order valence-corrected chi connectivity index (χ0v) is 20.0. The molecule has 5 N–H and O–H groups in total. The highest BCUT2D eigenvalue weighted by Crippen LogP contribution is 2.54. The summed E-state index contributed by atoms with van der Waals surface area (Å²) in [6.07, 6.45) is 1.55. The number of nitrogens with two attached hydrogens (primary N) is 2. The number of nitrogen functional groups attached to an aromatic ring is 1. The van der Waals surface area contributed by atoms with Crippen LogP contribution in [-0.2, 0) is 11.7 Å². The van der Waals surface area contributed by atoms with Gasteiger partial charge in [0.25, 0.3) is 5.91 Å². The number of amides is 1. The minimum atomic E-state index is -4.57. The lowest BCUT2D eigenvalue weighted by Crippen LogP contribution is -2.38. The van der Waals surface area contributed by atoms with Gasteiger partial charge in [0.05, 0.1) is 16.8 Å². The van der Waals surface area contributed by atoms with Crippen molar-refractivity contribution in [3.8, 4) is 5.69 Å². The number of imidazole rings is 1. The van der Waals surface area contributed by atoms with Crippen molar-refractivity contribution < 1.29 is 18.0 Å². The Morgan fingerprint density at radius 1 is 1.03 bits per heavy atom. The maximum Gasteiger partial charge on any atom is 0.416 e. The molecule has 0 radical (unpaired) electrons. The number of aromatic nitrogens is 5. The van der Waals surface area contributed by atoms with Crippen molar-refractivity contribution in [2.24, 2.45) is 5.73 Å². The molecule has 3 heterocycles. The minimum Gasteiger partial charge on any atom is -0.382 e. The number of nitrogens with zero attached hydrogens (tertiary/aromatic N) is 5. The standard InChI is InChI=1S/C25H23F3N8O2/c26-25(27,28)15-5-10-31-17(11-15)34-21(37)14-1-3-16(4-2-14)35-18-19(29)32-13-33-20(18)36(22(35)38)24-8-6-23(30,12-24)7-9-24/h1-5,10-11,13H,6-9,12,30H2,(H2,29,32,33)(H,31,34,37). The van der Waals surface area contributed by atoms with Gasteiger partial charge in [-0.15, -0.1) is 0 Å². The molecule has 2 bridgehead atoms. The Labute approximate surface area is 213 Å². The highest BCUT2D eigenvalue weighted by atomic mass is 19.4. The molecule has 1 aromatic carbocycles. The fourth-order valence-corrected chi connectivity index (χ4v) is 5.86. The summed E-state index contributed by atoms with van der Waals surface area (Å²) in [7, 11) is 0. The highest BCUT2D eigenvalue weighted by Gasteiger charge is 2.55. The molecule has 13 heteroatoms. The molecule has 2 aliphatic carbocycles. The van der Waals surface area contributed by atoms with E-state index in [2.05, 4.69) is 20.3 Å². The molecule has 2 aliphatic rings. The van der Waals surface area contributed by atoms with Crippen LogP contribution in [0, 0.1) is 0 Å². The van der Waals surface area contributed by atoms with Crippen molar-refractivity contribution in [3.05, 3.63) is 70.5 Å².